The predicted octanol–water partition coefficient (Wildman–Crippen LogP) is 6.35. The van der Waals surface area contributed by atoms with Crippen LogP contribution in [0.5, 0.6) is 5.19 Å². The maximum absolute atomic E-state index is 5.29. The second-order valence-electron chi connectivity index (χ2n) is 5.83. The fourth-order valence-electron chi connectivity index (χ4n) is 1.74. The van der Waals surface area contributed by atoms with E-state index in [1.165, 1.54) is 22.7 Å². The topological polar surface area (TPSA) is 86.8 Å². The molecule has 0 aliphatic carbocycles. The number of nitrogen functional groups attached to an aromatic ring is 1. The number of nitrogens with zero attached hydrogens (tertiary/aromatic N) is 4. The average Bonchev–Trinajstić information content (AvgIpc) is 3.48. The number of methoxy groups -OCH3 is 1. The van der Waals surface area contributed by atoms with E-state index in [9.17, 15) is 0 Å². The molecule has 4 heterocycles. The van der Waals surface area contributed by atoms with Crippen LogP contribution in [-0.4, -0.2) is 27.0 Å². The molecule has 0 spiro atoms. The molecule has 0 radical (unpaired) electrons. The summed E-state index contributed by atoms with van der Waals surface area (Å²) in [6.07, 6.45) is 1.76. The van der Waals surface area contributed by atoms with Gasteiger partial charge in [-0.15, -0.1) is 34.0 Å². The van der Waals surface area contributed by atoms with Crippen LogP contribution in [0.3, 0.4) is 0 Å². The minimum atomic E-state index is 0.650. The van der Waals surface area contributed by atoms with Crippen molar-refractivity contribution in [2.75, 3.05) is 12.8 Å². The van der Waals surface area contributed by atoms with Crippen molar-refractivity contribution in [3.63, 3.8) is 0 Å². The van der Waals surface area contributed by atoms with Crippen LogP contribution < -0.4 is 10.5 Å². The van der Waals surface area contributed by atoms with E-state index in [2.05, 4.69) is 31.9 Å². The zero-order valence-electron chi connectivity index (χ0n) is 18.0. The first kappa shape index (κ1) is 25.9. The van der Waals surface area contributed by atoms with Gasteiger partial charge in [0.2, 0.25) is 0 Å². The highest BCUT2D eigenvalue weighted by atomic mass is 32.1. The first-order chi connectivity index (χ1) is 14.2. The van der Waals surface area contributed by atoms with Crippen molar-refractivity contribution < 1.29 is 4.74 Å². The fraction of sp³-hybridized carbons (Fsp3) is 0.300. The minimum absolute atomic E-state index is 0.650. The third-order valence-electron chi connectivity index (χ3n) is 2.95. The Hall–Kier alpha value is -2.14. The van der Waals surface area contributed by atoms with Gasteiger partial charge in [0.1, 0.15) is 5.01 Å². The third kappa shape index (κ3) is 11.1. The molecule has 30 heavy (non-hydrogen) atoms. The van der Waals surface area contributed by atoms with Crippen molar-refractivity contribution in [3.05, 3.63) is 60.9 Å². The molecule has 0 saturated heterocycles. The number of rotatable bonds is 2. The Morgan fingerprint density at radius 1 is 0.767 bits per heavy atom. The summed E-state index contributed by atoms with van der Waals surface area (Å²) in [5.74, 6) is 0. The number of ether oxygens (including phenoxy) is 1. The number of hydrogen-bond donors (Lipinski definition) is 1. The zero-order chi connectivity index (χ0) is 22.5. The summed E-state index contributed by atoms with van der Waals surface area (Å²) < 4.78 is 4.84. The molecular weight excluding hydrogens is 455 g/mol. The standard InChI is InChI=1S/C6H7NS.C5H7NOS.C5H7NS.C4H6N2S/c1-3-6-7-5(2)4-8-6;1-4-3-8-5(6-4)7-2;1-4-3-7-5(2)6-4;1-3-2-7-4(5)6-3/h3-4H,1H2,2H3;3H,1-2H3;3H,1-2H3;2H,1H3,(H2,5,6). The minimum Gasteiger partial charge on any atom is -0.473 e. The van der Waals surface area contributed by atoms with Crippen LogP contribution in [0.4, 0.5) is 5.13 Å². The largest absolute Gasteiger partial charge is 0.473 e. The van der Waals surface area contributed by atoms with Gasteiger partial charge in [-0.05, 0) is 40.7 Å². The Labute approximate surface area is 194 Å². The lowest BCUT2D eigenvalue weighted by molar-refractivity contribution is 0.411. The number of aromatic nitrogens is 4. The quantitative estimate of drug-likeness (QED) is 0.359. The van der Waals surface area contributed by atoms with Gasteiger partial charge in [-0.2, -0.15) is 0 Å². The van der Waals surface area contributed by atoms with E-state index in [0.717, 1.165) is 38.0 Å². The number of anilines is 1. The third-order valence-corrected chi connectivity index (χ3v) is 6.51. The van der Waals surface area contributed by atoms with Gasteiger partial charge in [-0.3, -0.25) is 0 Å². The number of nitrogens with two attached hydrogens (primary N) is 1. The summed E-state index contributed by atoms with van der Waals surface area (Å²) in [4.78, 5) is 16.2. The molecule has 0 aromatic carbocycles. The van der Waals surface area contributed by atoms with E-state index in [-0.39, 0.29) is 0 Å². The molecule has 0 unspecified atom stereocenters. The molecule has 6 nitrogen and oxygen atoms in total. The van der Waals surface area contributed by atoms with Gasteiger partial charge in [0.15, 0.2) is 5.13 Å². The molecule has 162 valence electrons. The van der Waals surface area contributed by atoms with Gasteiger partial charge < -0.3 is 10.5 Å². The molecule has 2 N–H and O–H groups in total. The van der Waals surface area contributed by atoms with Crippen molar-refractivity contribution in [3.8, 4) is 5.19 Å². The Morgan fingerprint density at radius 3 is 1.50 bits per heavy atom. The van der Waals surface area contributed by atoms with Gasteiger partial charge >= 0.3 is 0 Å². The van der Waals surface area contributed by atoms with Gasteiger partial charge in [-0.25, -0.2) is 19.9 Å². The smallest absolute Gasteiger partial charge is 0.273 e. The number of aryl methyl sites for hydroxylation is 5. The van der Waals surface area contributed by atoms with Crippen molar-refractivity contribution in [1.29, 1.82) is 0 Å². The van der Waals surface area contributed by atoms with Crippen LogP contribution in [0.15, 0.2) is 28.1 Å². The molecule has 0 aliphatic rings. The van der Waals surface area contributed by atoms with Crippen molar-refractivity contribution in [2.24, 2.45) is 0 Å². The maximum atomic E-state index is 5.29. The Bertz CT molecular complexity index is 931. The van der Waals surface area contributed by atoms with Crippen molar-refractivity contribution in [1.82, 2.24) is 19.9 Å². The maximum Gasteiger partial charge on any atom is 0.273 e. The lowest BCUT2D eigenvalue weighted by atomic mass is 10.6. The van der Waals surface area contributed by atoms with E-state index < -0.39 is 0 Å². The van der Waals surface area contributed by atoms with Crippen LogP contribution in [0.25, 0.3) is 6.08 Å². The van der Waals surface area contributed by atoms with Crippen LogP contribution in [0.2, 0.25) is 0 Å². The lowest BCUT2D eigenvalue weighted by Crippen LogP contribution is -1.80. The molecular formula is C20H27N5OS4. The molecule has 4 aromatic rings. The highest BCUT2D eigenvalue weighted by molar-refractivity contribution is 7.13. The van der Waals surface area contributed by atoms with E-state index in [0.29, 0.717) is 5.13 Å². The highest BCUT2D eigenvalue weighted by Gasteiger charge is 1.93. The van der Waals surface area contributed by atoms with Crippen LogP contribution >= 0.6 is 45.3 Å². The summed E-state index contributed by atoms with van der Waals surface area (Å²) in [5, 5.41) is 11.5. The molecule has 0 atom stereocenters. The monoisotopic (exact) mass is 481 g/mol. The summed E-state index contributed by atoms with van der Waals surface area (Å²) in [6, 6.07) is 0. The van der Waals surface area contributed by atoms with E-state index >= 15 is 0 Å². The molecule has 0 fully saturated rings. The van der Waals surface area contributed by atoms with E-state index in [4.69, 9.17) is 10.5 Å². The Balaban J connectivity index is 0.000000200. The number of thiazole rings is 4. The van der Waals surface area contributed by atoms with Gasteiger partial charge in [0.25, 0.3) is 5.19 Å². The second-order valence-corrected chi connectivity index (χ2v) is 9.49. The summed E-state index contributed by atoms with van der Waals surface area (Å²) >= 11 is 6.30. The molecule has 0 amide bonds. The normalized spacial score (nSPS) is 9.27. The van der Waals surface area contributed by atoms with Gasteiger partial charge in [0.05, 0.1) is 23.5 Å². The van der Waals surface area contributed by atoms with Gasteiger partial charge in [0, 0.05) is 32.9 Å². The van der Waals surface area contributed by atoms with Crippen molar-refractivity contribution >= 4 is 56.6 Å². The Kier molecular flexibility index (Phi) is 12.1. The predicted molar refractivity (Wildman–Crippen MR) is 133 cm³/mol. The molecule has 0 bridgehead atoms. The molecule has 10 heteroatoms. The first-order valence-electron chi connectivity index (χ1n) is 8.80. The zero-order valence-corrected chi connectivity index (χ0v) is 21.3. The van der Waals surface area contributed by atoms with Gasteiger partial charge in [-0.1, -0.05) is 17.9 Å². The van der Waals surface area contributed by atoms with Crippen LogP contribution in [0, 0.1) is 34.6 Å². The Morgan fingerprint density at radius 2 is 1.30 bits per heavy atom. The van der Waals surface area contributed by atoms with Crippen LogP contribution in [0.1, 0.15) is 32.8 Å². The number of hydrogen-bond acceptors (Lipinski definition) is 10. The van der Waals surface area contributed by atoms with Crippen molar-refractivity contribution in [2.45, 2.75) is 34.6 Å². The molecule has 4 rings (SSSR count). The molecule has 4 aromatic heterocycles. The summed E-state index contributed by atoms with van der Waals surface area (Å²) in [7, 11) is 1.62. The first-order valence-corrected chi connectivity index (χ1v) is 12.3. The highest BCUT2D eigenvalue weighted by Crippen LogP contribution is 2.15. The van der Waals surface area contributed by atoms with E-state index in [1.807, 2.05) is 50.8 Å². The summed E-state index contributed by atoms with van der Waals surface area (Å²) in [6.45, 7) is 13.4. The van der Waals surface area contributed by atoms with E-state index in [1.54, 1.807) is 35.9 Å². The SMILES string of the molecule is C=Cc1nc(C)cs1.COc1nc(C)cs1.Cc1csc(C)n1.Cc1csc(N)n1. The summed E-state index contributed by atoms with van der Waals surface area (Å²) in [5.41, 5.74) is 9.51. The van der Waals surface area contributed by atoms with Crippen LogP contribution in [-0.2, 0) is 0 Å². The second kappa shape index (κ2) is 14.0. The lowest BCUT2D eigenvalue weighted by Gasteiger charge is -1.85. The fourth-order valence-corrected chi connectivity index (χ4v) is 4.12. The molecule has 0 saturated carbocycles. The molecule has 0 aliphatic heterocycles. The average molecular weight is 482 g/mol.